The Labute approximate surface area is 84.3 Å². The molecule has 0 heterocycles. The Morgan fingerprint density at radius 2 is 1.86 bits per heavy atom. The van der Waals surface area contributed by atoms with E-state index < -0.39 is 0 Å². The van der Waals surface area contributed by atoms with Gasteiger partial charge in [0, 0.05) is 11.7 Å². The highest BCUT2D eigenvalue weighted by atomic mass is 16.3. The van der Waals surface area contributed by atoms with Crippen molar-refractivity contribution in [1.82, 2.24) is 0 Å². The molecule has 1 aliphatic rings. The zero-order valence-corrected chi connectivity index (χ0v) is 8.06. The maximum atomic E-state index is 9.28. The second kappa shape index (κ2) is 4.29. The average Bonchev–Trinajstić information content (AvgIpc) is 2.23. The van der Waals surface area contributed by atoms with Crippen molar-refractivity contribution in [2.75, 3.05) is 5.32 Å². The van der Waals surface area contributed by atoms with Crippen LogP contribution in [0.4, 0.5) is 5.69 Å². The molecule has 0 radical (unpaired) electrons. The first-order valence-electron chi connectivity index (χ1n) is 5.02. The van der Waals surface area contributed by atoms with Crippen LogP contribution >= 0.6 is 0 Å². The molecular formula is C12H15NO. The molecule has 0 saturated heterocycles. The molecule has 1 aliphatic carbocycles. The first-order chi connectivity index (χ1) is 6.84. The molecule has 74 valence electrons. The number of anilines is 1. The molecule has 0 spiro atoms. The molecular weight excluding hydrogens is 174 g/mol. The van der Waals surface area contributed by atoms with Gasteiger partial charge >= 0.3 is 0 Å². The molecule has 2 N–H and O–H groups in total. The molecule has 1 aromatic carbocycles. The summed E-state index contributed by atoms with van der Waals surface area (Å²) in [5, 5.41) is 12.7. The van der Waals surface area contributed by atoms with E-state index in [1.807, 2.05) is 30.4 Å². The van der Waals surface area contributed by atoms with Gasteiger partial charge in [0.15, 0.2) is 0 Å². The van der Waals surface area contributed by atoms with Crippen molar-refractivity contribution < 1.29 is 5.11 Å². The topological polar surface area (TPSA) is 32.3 Å². The van der Waals surface area contributed by atoms with Gasteiger partial charge in [0.2, 0.25) is 0 Å². The summed E-state index contributed by atoms with van der Waals surface area (Å²) in [6.07, 6.45) is 5.50. The van der Waals surface area contributed by atoms with E-state index in [2.05, 4.69) is 17.4 Å². The lowest BCUT2D eigenvalue weighted by Crippen LogP contribution is -2.23. The lowest BCUT2D eigenvalue weighted by molar-refractivity contribution is 0.202. The van der Waals surface area contributed by atoms with Crippen LogP contribution in [-0.2, 0) is 0 Å². The van der Waals surface area contributed by atoms with Crippen LogP contribution in [0.3, 0.4) is 0 Å². The Bertz CT molecular complexity index is 307. The minimum Gasteiger partial charge on any atom is -0.389 e. The molecule has 0 bridgehead atoms. The van der Waals surface area contributed by atoms with Crippen LogP contribution in [0.5, 0.6) is 0 Å². The molecule has 1 aromatic rings. The van der Waals surface area contributed by atoms with Crippen molar-refractivity contribution in [2.45, 2.75) is 25.0 Å². The molecule has 1 unspecified atom stereocenters. The molecule has 0 amide bonds. The summed E-state index contributed by atoms with van der Waals surface area (Å²) in [5.74, 6) is 0. The van der Waals surface area contributed by atoms with E-state index in [-0.39, 0.29) is 6.10 Å². The monoisotopic (exact) mass is 189 g/mol. The number of para-hydroxylation sites is 1. The lowest BCUT2D eigenvalue weighted by atomic mass is 10.0. The molecule has 0 saturated carbocycles. The average molecular weight is 189 g/mol. The normalized spacial score (nSPS) is 26.1. The largest absolute Gasteiger partial charge is 0.389 e. The van der Waals surface area contributed by atoms with Crippen molar-refractivity contribution in [3.8, 4) is 0 Å². The van der Waals surface area contributed by atoms with Crippen molar-refractivity contribution in [3.63, 3.8) is 0 Å². The minimum absolute atomic E-state index is 0.246. The van der Waals surface area contributed by atoms with E-state index in [9.17, 15) is 5.11 Å². The number of hydrogen-bond acceptors (Lipinski definition) is 2. The van der Waals surface area contributed by atoms with Crippen LogP contribution in [0, 0.1) is 0 Å². The van der Waals surface area contributed by atoms with Crippen molar-refractivity contribution in [1.29, 1.82) is 0 Å². The maximum absolute atomic E-state index is 9.28. The number of benzene rings is 1. The SMILES string of the molecule is O[C@@H]1C=CC(Nc2ccccc2)CC1. The smallest absolute Gasteiger partial charge is 0.0722 e. The van der Waals surface area contributed by atoms with E-state index in [1.54, 1.807) is 0 Å². The number of rotatable bonds is 2. The van der Waals surface area contributed by atoms with E-state index >= 15 is 0 Å². The van der Waals surface area contributed by atoms with Gasteiger partial charge in [0.25, 0.3) is 0 Å². The zero-order valence-electron chi connectivity index (χ0n) is 8.06. The van der Waals surface area contributed by atoms with Crippen LogP contribution in [0.15, 0.2) is 42.5 Å². The standard InChI is InChI=1S/C12H15NO/c14-12-8-6-11(7-9-12)13-10-4-2-1-3-5-10/h1-6,8,11-14H,7,9H2/t11?,12-/m1/s1. The fourth-order valence-electron chi connectivity index (χ4n) is 1.67. The number of aliphatic hydroxyl groups is 1. The van der Waals surface area contributed by atoms with Gasteiger partial charge in [0.05, 0.1) is 6.10 Å². The van der Waals surface area contributed by atoms with Crippen LogP contribution in [0.25, 0.3) is 0 Å². The third-order valence-corrected chi connectivity index (χ3v) is 2.46. The molecule has 0 aromatic heterocycles. The van der Waals surface area contributed by atoms with E-state index in [4.69, 9.17) is 0 Å². The minimum atomic E-state index is -0.246. The highest BCUT2D eigenvalue weighted by Crippen LogP contribution is 2.16. The maximum Gasteiger partial charge on any atom is 0.0722 e. The second-order valence-corrected chi connectivity index (χ2v) is 3.65. The highest BCUT2D eigenvalue weighted by molar-refractivity contribution is 5.44. The highest BCUT2D eigenvalue weighted by Gasteiger charge is 2.12. The molecule has 2 nitrogen and oxygen atoms in total. The molecule has 2 atom stereocenters. The van der Waals surface area contributed by atoms with Gasteiger partial charge in [-0.3, -0.25) is 0 Å². The number of hydrogen-bond donors (Lipinski definition) is 2. The fourth-order valence-corrected chi connectivity index (χ4v) is 1.67. The summed E-state index contributed by atoms with van der Waals surface area (Å²) in [5.41, 5.74) is 1.14. The van der Waals surface area contributed by atoms with Gasteiger partial charge in [0.1, 0.15) is 0 Å². The predicted octanol–water partition coefficient (Wildman–Crippen LogP) is 2.18. The van der Waals surface area contributed by atoms with Crippen LogP contribution in [0.1, 0.15) is 12.8 Å². The summed E-state index contributed by atoms with van der Waals surface area (Å²) in [7, 11) is 0. The molecule has 0 fully saturated rings. The summed E-state index contributed by atoms with van der Waals surface area (Å²) < 4.78 is 0. The third-order valence-electron chi connectivity index (χ3n) is 2.46. The lowest BCUT2D eigenvalue weighted by Gasteiger charge is -2.21. The first kappa shape index (κ1) is 9.28. The van der Waals surface area contributed by atoms with Gasteiger partial charge < -0.3 is 10.4 Å². The zero-order chi connectivity index (χ0) is 9.80. The van der Waals surface area contributed by atoms with Crippen molar-refractivity contribution in [3.05, 3.63) is 42.5 Å². The summed E-state index contributed by atoms with van der Waals surface area (Å²) in [6, 6.07) is 10.5. The van der Waals surface area contributed by atoms with Gasteiger partial charge in [-0.15, -0.1) is 0 Å². The molecule has 2 rings (SSSR count). The van der Waals surface area contributed by atoms with E-state index in [1.165, 1.54) is 0 Å². The Kier molecular flexibility index (Phi) is 2.84. The summed E-state index contributed by atoms with van der Waals surface area (Å²) >= 11 is 0. The predicted molar refractivity (Wildman–Crippen MR) is 58.2 cm³/mol. The van der Waals surface area contributed by atoms with Gasteiger partial charge in [-0.2, -0.15) is 0 Å². The quantitative estimate of drug-likeness (QED) is 0.699. The second-order valence-electron chi connectivity index (χ2n) is 3.65. The fraction of sp³-hybridized carbons (Fsp3) is 0.333. The Balaban J connectivity index is 1.96. The van der Waals surface area contributed by atoms with Gasteiger partial charge in [-0.1, -0.05) is 30.4 Å². The summed E-state index contributed by atoms with van der Waals surface area (Å²) in [4.78, 5) is 0. The van der Waals surface area contributed by atoms with E-state index in [0.29, 0.717) is 6.04 Å². The Morgan fingerprint density at radius 1 is 1.07 bits per heavy atom. The molecule has 2 heteroatoms. The third kappa shape index (κ3) is 2.36. The van der Waals surface area contributed by atoms with Gasteiger partial charge in [-0.05, 0) is 25.0 Å². The van der Waals surface area contributed by atoms with Crippen molar-refractivity contribution in [2.24, 2.45) is 0 Å². The molecule has 0 aliphatic heterocycles. The Hall–Kier alpha value is -1.28. The van der Waals surface area contributed by atoms with Crippen LogP contribution in [-0.4, -0.2) is 17.3 Å². The van der Waals surface area contributed by atoms with Crippen LogP contribution in [0.2, 0.25) is 0 Å². The molecule has 14 heavy (non-hydrogen) atoms. The number of nitrogens with one attached hydrogen (secondary N) is 1. The van der Waals surface area contributed by atoms with Crippen molar-refractivity contribution >= 4 is 5.69 Å². The number of aliphatic hydroxyl groups excluding tert-OH is 1. The van der Waals surface area contributed by atoms with Gasteiger partial charge in [-0.25, -0.2) is 0 Å². The summed E-state index contributed by atoms with van der Waals surface area (Å²) in [6.45, 7) is 0. The first-order valence-corrected chi connectivity index (χ1v) is 5.02. The van der Waals surface area contributed by atoms with Crippen LogP contribution < -0.4 is 5.32 Å². The Morgan fingerprint density at radius 3 is 2.50 bits per heavy atom. The van der Waals surface area contributed by atoms with E-state index in [0.717, 1.165) is 18.5 Å².